The lowest BCUT2D eigenvalue weighted by molar-refractivity contribution is 0.190. The van der Waals surface area contributed by atoms with Crippen LogP contribution in [0.25, 0.3) is 10.9 Å². The molecule has 0 spiro atoms. The summed E-state index contributed by atoms with van der Waals surface area (Å²) in [5.74, 6) is 1.58. The van der Waals surface area contributed by atoms with Crippen LogP contribution >= 0.6 is 0 Å². The van der Waals surface area contributed by atoms with Gasteiger partial charge in [0.15, 0.2) is 11.5 Å². The second-order valence-corrected chi connectivity index (χ2v) is 8.25. The van der Waals surface area contributed by atoms with Crippen molar-refractivity contribution in [3.05, 3.63) is 23.4 Å². The number of aryl methyl sites for hydroxylation is 1. The molecule has 2 heterocycles. The predicted octanol–water partition coefficient (Wildman–Crippen LogP) is 4.42. The van der Waals surface area contributed by atoms with E-state index in [4.69, 9.17) is 14.5 Å². The van der Waals surface area contributed by atoms with Gasteiger partial charge in [-0.1, -0.05) is 0 Å². The molecule has 0 saturated carbocycles. The van der Waals surface area contributed by atoms with Crippen molar-refractivity contribution in [2.45, 2.75) is 64.5 Å². The number of hydrogen-bond acceptors (Lipinski definition) is 5. The first-order chi connectivity index (χ1) is 13.6. The van der Waals surface area contributed by atoms with E-state index >= 15 is 0 Å². The number of pyridine rings is 1. The van der Waals surface area contributed by atoms with Crippen LogP contribution in [0.15, 0.2) is 12.1 Å². The smallest absolute Gasteiger partial charge is 0.163 e. The molecule has 2 atom stereocenters. The molecule has 5 heteroatoms. The lowest BCUT2D eigenvalue weighted by Crippen LogP contribution is -2.34. The fourth-order valence-corrected chi connectivity index (χ4v) is 4.95. The lowest BCUT2D eigenvalue weighted by Gasteiger charge is -2.25. The Morgan fingerprint density at radius 2 is 1.93 bits per heavy atom. The van der Waals surface area contributed by atoms with Crippen LogP contribution in [-0.2, 0) is 12.8 Å². The number of nitrogens with zero attached hydrogens (tertiary/aromatic N) is 2. The molecule has 2 aromatic rings. The Bertz CT molecular complexity index is 842. The van der Waals surface area contributed by atoms with Crippen molar-refractivity contribution >= 4 is 16.6 Å². The van der Waals surface area contributed by atoms with Gasteiger partial charge in [0, 0.05) is 48.5 Å². The van der Waals surface area contributed by atoms with Gasteiger partial charge in [0.2, 0.25) is 0 Å². The first-order valence-electron chi connectivity index (χ1n) is 10.7. The molecular weight excluding hydrogens is 350 g/mol. The monoisotopic (exact) mass is 383 g/mol. The number of methoxy groups -OCH3 is 1. The van der Waals surface area contributed by atoms with Gasteiger partial charge in [-0.25, -0.2) is 0 Å². The maximum absolute atomic E-state index is 6.15. The summed E-state index contributed by atoms with van der Waals surface area (Å²) in [6.07, 6.45) is 6.99. The van der Waals surface area contributed by atoms with E-state index < -0.39 is 0 Å². The number of aromatic nitrogens is 1. The highest BCUT2D eigenvalue weighted by molar-refractivity contribution is 5.95. The van der Waals surface area contributed by atoms with Gasteiger partial charge >= 0.3 is 0 Å². The maximum Gasteiger partial charge on any atom is 0.163 e. The van der Waals surface area contributed by atoms with Gasteiger partial charge in [0.1, 0.15) is 0 Å². The number of anilines is 1. The van der Waals surface area contributed by atoms with Crippen LogP contribution in [0.1, 0.15) is 50.8 Å². The number of fused-ring (bicyclic) bond motifs is 2. The summed E-state index contributed by atoms with van der Waals surface area (Å²) in [6.45, 7) is 6.45. The van der Waals surface area contributed by atoms with E-state index in [1.807, 2.05) is 7.05 Å². The topological polar surface area (TPSA) is 46.6 Å². The normalized spacial score (nSPS) is 21.9. The van der Waals surface area contributed by atoms with E-state index in [-0.39, 0.29) is 0 Å². The van der Waals surface area contributed by atoms with E-state index in [0.717, 1.165) is 48.2 Å². The van der Waals surface area contributed by atoms with Crippen molar-refractivity contribution in [2.75, 3.05) is 32.6 Å². The first-order valence-corrected chi connectivity index (χ1v) is 10.7. The molecule has 1 fully saturated rings. The summed E-state index contributed by atoms with van der Waals surface area (Å²) in [6, 6.07) is 5.51. The zero-order valence-corrected chi connectivity index (χ0v) is 17.7. The molecular formula is C23H33N3O2. The molecule has 2 unspecified atom stereocenters. The van der Waals surface area contributed by atoms with Crippen LogP contribution in [0.4, 0.5) is 5.69 Å². The molecule has 1 N–H and O–H groups in total. The van der Waals surface area contributed by atoms with E-state index in [9.17, 15) is 0 Å². The average Bonchev–Trinajstić information content (AvgIpc) is 3.29. The number of ether oxygens (including phenoxy) is 2. The van der Waals surface area contributed by atoms with Crippen LogP contribution < -0.4 is 14.8 Å². The van der Waals surface area contributed by atoms with Crippen molar-refractivity contribution in [2.24, 2.45) is 0 Å². The zero-order valence-electron chi connectivity index (χ0n) is 17.7. The largest absolute Gasteiger partial charge is 0.493 e. The van der Waals surface area contributed by atoms with Crippen LogP contribution in [-0.4, -0.2) is 49.3 Å². The Morgan fingerprint density at radius 3 is 2.64 bits per heavy atom. The number of rotatable bonds is 7. The molecule has 0 amide bonds. The van der Waals surface area contributed by atoms with Crippen LogP contribution in [0.3, 0.4) is 0 Å². The predicted molar refractivity (Wildman–Crippen MR) is 115 cm³/mol. The highest BCUT2D eigenvalue weighted by Gasteiger charge is 2.26. The zero-order chi connectivity index (χ0) is 19.7. The molecule has 1 aliphatic carbocycles. The summed E-state index contributed by atoms with van der Waals surface area (Å²) in [5, 5.41) is 4.51. The molecule has 2 aliphatic rings. The lowest BCUT2D eigenvalue weighted by atomic mass is 10.1. The van der Waals surface area contributed by atoms with Gasteiger partial charge in [0.25, 0.3) is 0 Å². The van der Waals surface area contributed by atoms with Crippen LogP contribution in [0.2, 0.25) is 0 Å². The molecule has 5 nitrogen and oxygen atoms in total. The summed E-state index contributed by atoms with van der Waals surface area (Å²) < 4.78 is 11.8. The Kier molecular flexibility index (Phi) is 5.63. The van der Waals surface area contributed by atoms with E-state index in [2.05, 4.69) is 36.2 Å². The van der Waals surface area contributed by atoms with Gasteiger partial charge in [-0.05, 0) is 64.0 Å². The van der Waals surface area contributed by atoms with Gasteiger partial charge < -0.3 is 14.8 Å². The Hall–Kier alpha value is -2.01. The van der Waals surface area contributed by atoms with Gasteiger partial charge in [-0.3, -0.25) is 9.88 Å². The third-order valence-corrected chi connectivity index (χ3v) is 6.50. The molecule has 0 bridgehead atoms. The highest BCUT2D eigenvalue weighted by atomic mass is 16.5. The second kappa shape index (κ2) is 8.16. The number of likely N-dealkylation sites (tertiary alicyclic amines) is 1. The van der Waals surface area contributed by atoms with Crippen LogP contribution in [0, 0.1) is 0 Å². The molecule has 1 saturated heterocycles. The molecule has 1 aliphatic heterocycles. The fourth-order valence-electron chi connectivity index (χ4n) is 4.95. The standard InChI is InChI=1S/C23H33N3O2/c1-15-9-10-16(2)26(15)11-6-12-28-22-14-20-18(13-21(22)27-4)23(24-3)17-7-5-8-19(17)25-20/h13-16H,5-12H2,1-4H3,(H,24,25). The maximum atomic E-state index is 6.15. The highest BCUT2D eigenvalue weighted by Crippen LogP contribution is 2.39. The molecule has 28 heavy (non-hydrogen) atoms. The molecule has 0 radical (unpaired) electrons. The SMILES string of the molecule is CNc1c2c(nc3cc(OCCCN4C(C)CCC4C)c(OC)cc13)CCC2. The summed E-state index contributed by atoms with van der Waals surface area (Å²) in [7, 11) is 3.70. The summed E-state index contributed by atoms with van der Waals surface area (Å²) in [5.41, 5.74) is 4.77. The number of benzene rings is 1. The molecule has 1 aromatic carbocycles. The minimum atomic E-state index is 0.691. The molecule has 1 aromatic heterocycles. The van der Waals surface area contributed by atoms with Gasteiger partial charge in [-0.2, -0.15) is 0 Å². The van der Waals surface area contributed by atoms with Crippen molar-refractivity contribution in [1.29, 1.82) is 0 Å². The first kappa shape index (κ1) is 19.3. The number of hydrogen-bond donors (Lipinski definition) is 1. The quantitative estimate of drug-likeness (QED) is 0.718. The minimum Gasteiger partial charge on any atom is -0.493 e. The third kappa shape index (κ3) is 3.52. The average molecular weight is 384 g/mol. The fraction of sp³-hybridized carbons (Fsp3) is 0.609. The Balaban J connectivity index is 1.51. The van der Waals surface area contributed by atoms with Crippen molar-refractivity contribution in [3.8, 4) is 11.5 Å². The van der Waals surface area contributed by atoms with Crippen molar-refractivity contribution < 1.29 is 9.47 Å². The number of nitrogens with one attached hydrogen (secondary N) is 1. The van der Waals surface area contributed by atoms with E-state index in [1.54, 1.807) is 7.11 Å². The summed E-state index contributed by atoms with van der Waals surface area (Å²) in [4.78, 5) is 7.53. The molecule has 152 valence electrons. The van der Waals surface area contributed by atoms with Gasteiger partial charge in [0.05, 0.1) is 19.2 Å². The van der Waals surface area contributed by atoms with Crippen molar-refractivity contribution in [1.82, 2.24) is 9.88 Å². The Morgan fingerprint density at radius 1 is 1.14 bits per heavy atom. The third-order valence-electron chi connectivity index (χ3n) is 6.50. The van der Waals surface area contributed by atoms with Gasteiger partial charge in [-0.15, -0.1) is 0 Å². The Labute approximate surface area is 168 Å². The second-order valence-electron chi connectivity index (χ2n) is 8.25. The minimum absolute atomic E-state index is 0.691. The van der Waals surface area contributed by atoms with Crippen LogP contribution in [0.5, 0.6) is 11.5 Å². The summed E-state index contributed by atoms with van der Waals surface area (Å²) >= 11 is 0. The van der Waals surface area contributed by atoms with E-state index in [1.165, 1.54) is 36.2 Å². The van der Waals surface area contributed by atoms with Crippen molar-refractivity contribution in [3.63, 3.8) is 0 Å². The van der Waals surface area contributed by atoms with E-state index in [0.29, 0.717) is 18.7 Å². The molecule has 4 rings (SSSR count).